The SMILES string of the molecule is CCC(O)c1ccc(N2CCC(N3CCCCC3)C2)cn1. The number of nitrogens with zero attached hydrogens (tertiary/aromatic N) is 3. The minimum absolute atomic E-state index is 0.432. The summed E-state index contributed by atoms with van der Waals surface area (Å²) in [7, 11) is 0. The molecule has 0 radical (unpaired) electrons. The third-order valence-electron chi connectivity index (χ3n) is 4.93. The van der Waals surface area contributed by atoms with Gasteiger partial charge in [-0.2, -0.15) is 0 Å². The molecule has 2 saturated heterocycles. The molecule has 1 aromatic heterocycles. The van der Waals surface area contributed by atoms with Crippen LogP contribution in [0, 0.1) is 0 Å². The van der Waals surface area contributed by atoms with Crippen LogP contribution in [0.3, 0.4) is 0 Å². The molecule has 2 aliphatic heterocycles. The summed E-state index contributed by atoms with van der Waals surface area (Å²) in [6, 6.07) is 4.79. The largest absolute Gasteiger partial charge is 0.387 e. The summed E-state index contributed by atoms with van der Waals surface area (Å²) in [6.45, 7) is 6.77. The first-order chi connectivity index (χ1) is 10.3. The molecule has 0 spiro atoms. The molecule has 2 fully saturated rings. The second-order valence-electron chi connectivity index (χ2n) is 6.35. The molecule has 0 aliphatic carbocycles. The van der Waals surface area contributed by atoms with Gasteiger partial charge < -0.3 is 10.0 Å². The highest BCUT2D eigenvalue weighted by Gasteiger charge is 2.28. The molecule has 2 unspecified atom stereocenters. The number of aliphatic hydroxyl groups is 1. The van der Waals surface area contributed by atoms with Crippen LogP contribution in [0.15, 0.2) is 18.3 Å². The number of hydrogen-bond donors (Lipinski definition) is 1. The van der Waals surface area contributed by atoms with Crippen LogP contribution in [0.5, 0.6) is 0 Å². The summed E-state index contributed by atoms with van der Waals surface area (Å²) >= 11 is 0. The third-order valence-corrected chi connectivity index (χ3v) is 4.93. The summed E-state index contributed by atoms with van der Waals surface area (Å²) in [4.78, 5) is 9.54. The highest BCUT2D eigenvalue weighted by Crippen LogP contribution is 2.25. The maximum Gasteiger partial charge on any atom is 0.0957 e. The van der Waals surface area contributed by atoms with Crippen molar-refractivity contribution in [2.45, 2.75) is 51.2 Å². The van der Waals surface area contributed by atoms with Gasteiger partial charge in [0.1, 0.15) is 0 Å². The van der Waals surface area contributed by atoms with Crippen LogP contribution in [-0.4, -0.2) is 47.2 Å². The molecule has 0 aromatic carbocycles. The third kappa shape index (κ3) is 3.38. The first kappa shape index (κ1) is 14.8. The fourth-order valence-electron chi connectivity index (χ4n) is 3.55. The lowest BCUT2D eigenvalue weighted by molar-refractivity contribution is 0.169. The Labute approximate surface area is 127 Å². The monoisotopic (exact) mass is 289 g/mol. The lowest BCUT2D eigenvalue weighted by atomic mass is 10.1. The van der Waals surface area contributed by atoms with E-state index < -0.39 is 6.10 Å². The topological polar surface area (TPSA) is 39.6 Å². The minimum Gasteiger partial charge on any atom is -0.387 e. The fraction of sp³-hybridized carbons (Fsp3) is 0.706. The maximum absolute atomic E-state index is 9.81. The molecule has 0 saturated carbocycles. The molecule has 1 aromatic rings. The Balaban J connectivity index is 1.60. The van der Waals surface area contributed by atoms with E-state index in [2.05, 4.69) is 20.9 Å². The quantitative estimate of drug-likeness (QED) is 0.925. The Hall–Kier alpha value is -1.13. The number of anilines is 1. The number of rotatable bonds is 4. The Kier molecular flexibility index (Phi) is 4.76. The first-order valence-electron chi connectivity index (χ1n) is 8.41. The standard InChI is InChI=1S/C17H27N3O/c1-2-17(21)16-7-6-14(12-18-16)20-11-8-15(13-20)19-9-4-3-5-10-19/h6-7,12,15,17,21H,2-5,8-11,13H2,1H3. The van der Waals surface area contributed by atoms with Crippen molar-refractivity contribution in [3.63, 3.8) is 0 Å². The second kappa shape index (κ2) is 6.75. The van der Waals surface area contributed by atoms with Crippen molar-refractivity contribution >= 4 is 5.69 Å². The number of likely N-dealkylation sites (tertiary alicyclic amines) is 1. The van der Waals surface area contributed by atoms with Gasteiger partial charge in [0, 0.05) is 19.1 Å². The average molecular weight is 289 g/mol. The maximum atomic E-state index is 9.81. The predicted octanol–water partition coefficient (Wildman–Crippen LogP) is 2.59. The number of aromatic nitrogens is 1. The van der Waals surface area contributed by atoms with E-state index in [1.165, 1.54) is 44.5 Å². The van der Waals surface area contributed by atoms with Crippen molar-refractivity contribution in [2.24, 2.45) is 0 Å². The van der Waals surface area contributed by atoms with Crippen LogP contribution >= 0.6 is 0 Å². The smallest absolute Gasteiger partial charge is 0.0957 e. The van der Waals surface area contributed by atoms with Crippen LogP contribution in [0.25, 0.3) is 0 Å². The summed E-state index contributed by atoms with van der Waals surface area (Å²) in [5.41, 5.74) is 1.98. The highest BCUT2D eigenvalue weighted by atomic mass is 16.3. The molecule has 0 amide bonds. The minimum atomic E-state index is -0.432. The Bertz CT molecular complexity index is 442. The van der Waals surface area contributed by atoms with Crippen molar-refractivity contribution in [3.8, 4) is 0 Å². The number of aliphatic hydroxyl groups excluding tert-OH is 1. The highest BCUT2D eigenvalue weighted by molar-refractivity contribution is 5.46. The van der Waals surface area contributed by atoms with Crippen LogP contribution in [0.4, 0.5) is 5.69 Å². The molecular formula is C17H27N3O. The molecule has 3 rings (SSSR count). The zero-order chi connectivity index (χ0) is 14.7. The molecule has 116 valence electrons. The van der Waals surface area contributed by atoms with Gasteiger partial charge in [0.05, 0.1) is 23.7 Å². The van der Waals surface area contributed by atoms with Crippen LogP contribution in [0.2, 0.25) is 0 Å². The number of pyridine rings is 1. The summed E-state index contributed by atoms with van der Waals surface area (Å²) in [5, 5.41) is 9.81. The zero-order valence-electron chi connectivity index (χ0n) is 13.0. The number of piperidine rings is 1. The molecule has 1 N–H and O–H groups in total. The van der Waals surface area contributed by atoms with E-state index in [9.17, 15) is 5.11 Å². The van der Waals surface area contributed by atoms with Gasteiger partial charge in [0.15, 0.2) is 0 Å². The zero-order valence-corrected chi connectivity index (χ0v) is 13.0. The molecule has 0 bridgehead atoms. The lowest BCUT2D eigenvalue weighted by Gasteiger charge is -2.32. The Morgan fingerprint density at radius 1 is 1.24 bits per heavy atom. The molecule has 4 heteroatoms. The van der Waals surface area contributed by atoms with E-state index in [4.69, 9.17) is 0 Å². The van der Waals surface area contributed by atoms with E-state index in [1.54, 1.807) is 0 Å². The molecule has 2 atom stereocenters. The van der Waals surface area contributed by atoms with E-state index >= 15 is 0 Å². The second-order valence-corrected chi connectivity index (χ2v) is 6.35. The van der Waals surface area contributed by atoms with Gasteiger partial charge >= 0.3 is 0 Å². The van der Waals surface area contributed by atoms with Gasteiger partial charge in [-0.05, 0) is 50.9 Å². The molecule has 2 aliphatic rings. The van der Waals surface area contributed by atoms with Gasteiger partial charge in [-0.15, -0.1) is 0 Å². The first-order valence-corrected chi connectivity index (χ1v) is 8.41. The van der Waals surface area contributed by atoms with E-state index in [0.717, 1.165) is 18.8 Å². The van der Waals surface area contributed by atoms with Gasteiger partial charge in [0.2, 0.25) is 0 Å². The summed E-state index contributed by atoms with van der Waals surface area (Å²) < 4.78 is 0. The summed E-state index contributed by atoms with van der Waals surface area (Å²) in [6.07, 6.45) is 7.60. The van der Waals surface area contributed by atoms with Crippen molar-refractivity contribution < 1.29 is 5.11 Å². The van der Waals surface area contributed by atoms with E-state index in [1.807, 2.05) is 19.2 Å². The lowest BCUT2D eigenvalue weighted by Crippen LogP contribution is -2.40. The van der Waals surface area contributed by atoms with Gasteiger partial charge in [0.25, 0.3) is 0 Å². The van der Waals surface area contributed by atoms with Crippen LogP contribution < -0.4 is 4.90 Å². The van der Waals surface area contributed by atoms with Crippen molar-refractivity contribution in [1.29, 1.82) is 0 Å². The van der Waals surface area contributed by atoms with Crippen LogP contribution in [-0.2, 0) is 0 Å². The van der Waals surface area contributed by atoms with E-state index in [0.29, 0.717) is 12.5 Å². The van der Waals surface area contributed by atoms with Gasteiger partial charge in [-0.3, -0.25) is 9.88 Å². The normalized spacial score (nSPS) is 25.2. The van der Waals surface area contributed by atoms with Crippen molar-refractivity contribution in [1.82, 2.24) is 9.88 Å². The summed E-state index contributed by atoms with van der Waals surface area (Å²) in [5.74, 6) is 0. The van der Waals surface area contributed by atoms with Crippen molar-refractivity contribution in [3.05, 3.63) is 24.0 Å². The van der Waals surface area contributed by atoms with Crippen molar-refractivity contribution in [2.75, 3.05) is 31.1 Å². The number of hydrogen-bond acceptors (Lipinski definition) is 4. The van der Waals surface area contributed by atoms with Crippen LogP contribution in [0.1, 0.15) is 50.8 Å². The fourth-order valence-corrected chi connectivity index (χ4v) is 3.55. The Morgan fingerprint density at radius 3 is 2.71 bits per heavy atom. The molecule has 4 nitrogen and oxygen atoms in total. The molecule has 21 heavy (non-hydrogen) atoms. The predicted molar refractivity (Wildman–Crippen MR) is 85.5 cm³/mol. The van der Waals surface area contributed by atoms with E-state index in [-0.39, 0.29) is 0 Å². The van der Waals surface area contributed by atoms with Gasteiger partial charge in [-0.25, -0.2) is 0 Å². The Morgan fingerprint density at radius 2 is 2.05 bits per heavy atom. The average Bonchev–Trinajstić information content (AvgIpc) is 3.05. The molecular weight excluding hydrogens is 262 g/mol. The molecule has 3 heterocycles. The van der Waals surface area contributed by atoms with Gasteiger partial charge in [-0.1, -0.05) is 13.3 Å².